The van der Waals surface area contributed by atoms with Gasteiger partial charge < -0.3 is 85.9 Å². The van der Waals surface area contributed by atoms with Crippen molar-refractivity contribution in [3.8, 4) is 0 Å². The summed E-state index contributed by atoms with van der Waals surface area (Å²) in [4.78, 5) is 68.1. The molecule has 0 aromatic heterocycles. The standard InChI is InChI=1S/C6H8O7.C4H6O6.C3H6O3.C2H5NO2.5Fe/c7-3(8)1-6(13,5(11)12)2-4(9)10;5-1(3(7)8)2(6)4(9)10;1-2(4)3(5)6;3-1-2(4)5;;;;;/h13H,1-2H2,(H,7,8)(H,9,10)(H,11,12);1-2,5-6H,(H,7,8)(H,9,10);2,4H,1H3,(H,5,6);1,3H2,(H,4,5);;;;;/q;;;;5*+3/p-5. The number of aliphatic hydroxyl groups excluding tert-OH is 3. The first-order valence-electron chi connectivity index (χ1n) is 8.10. The maximum absolute atomic E-state index is 10.3. The fraction of sp³-hybridized carbons (Fsp3) is 0.533. The first-order chi connectivity index (χ1) is 15.2. The second-order valence-corrected chi connectivity index (χ2v) is 5.55. The minimum absolute atomic E-state index is 0. The number of aliphatic carboxylic acids is 7. The van der Waals surface area contributed by atoms with E-state index in [1.807, 2.05) is 0 Å². The molecule has 0 saturated heterocycles. The summed E-state index contributed by atoms with van der Waals surface area (Å²) in [5, 5.41) is 97.7. The van der Waals surface area contributed by atoms with Crippen molar-refractivity contribution in [2.24, 2.45) is 5.73 Å². The van der Waals surface area contributed by atoms with Gasteiger partial charge in [0.1, 0.15) is 12.2 Å². The maximum Gasteiger partial charge on any atom is 3.00 e. The van der Waals surface area contributed by atoms with E-state index in [0.29, 0.717) is 0 Å². The molecule has 4 atom stereocenters. The third kappa shape index (κ3) is 41.3. The predicted octanol–water partition coefficient (Wildman–Crippen LogP) is -11.6. The molecule has 19 nitrogen and oxygen atoms in total. The van der Waals surface area contributed by atoms with Crippen LogP contribution in [0, 0.1) is 0 Å². The molecule has 0 aliphatic heterocycles. The molecule has 0 rings (SSSR count). The summed E-state index contributed by atoms with van der Waals surface area (Å²) in [5.74, 6) is -12.1. The normalized spacial score (nSPS) is 11.9. The number of rotatable bonds is 10. The van der Waals surface area contributed by atoms with Crippen LogP contribution in [0.15, 0.2) is 0 Å². The molecular weight excluding hydrogens is 761 g/mol. The Bertz CT molecular complexity index is 704. The van der Waals surface area contributed by atoms with Crippen molar-refractivity contribution in [3.05, 3.63) is 0 Å². The number of carboxylic acid groups (broad SMARTS) is 7. The van der Waals surface area contributed by atoms with E-state index in [1.54, 1.807) is 0 Å². The van der Waals surface area contributed by atoms with Crippen LogP contribution in [0.1, 0.15) is 19.8 Å². The van der Waals surface area contributed by atoms with Gasteiger partial charge in [-0.25, -0.2) is 4.79 Å². The van der Waals surface area contributed by atoms with Gasteiger partial charge in [0.25, 0.3) is 0 Å². The van der Waals surface area contributed by atoms with Gasteiger partial charge in [0.2, 0.25) is 0 Å². The van der Waals surface area contributed by atoms with Gasteiger partial charge in [-0.15, -0.1) is 0 Å². The maximum atomic E-state index is 10.3. The molecule has 0 amide bonds. The molecule has 0 bridgehead atoms. The van der Waals surface area contributed by atoms with E-state index in [-0.39, 0.29) is 91.9 Å². The zero-order chi connectivity index (χ0) is 28.4. The summed E-state index contributed by atoms with van der Waals surface area (Å²) in [6.45, 7) is 0.745. The number of carboxylic acids is 7. The van der Waals surface area contributed by atoms with Gasteiger partial charge in [-0.3, -0.25) is 4.79 Å². The second-order valence-electron chi connectivity index (χ2n) is 5.55. The van der Waals surface area contributed by atoms with Crippen molar-refractivity contribution in [2.75, 3.05) is 6.54 Å². The number of aliphatic hydroxyl groups is 4. The Morgan fingerprint density at radius 2 is 0.923 bits per heavy atom. The predicted molar refractivity (Wildman–Crippen MR) is 87.2 cm³/mol. The molecule has 0 fully saturated rings. The van der Waals surface area contributed by atoms with Gasteiger partial charge in [0.15, 0.2) is 5.60 Å². The Balaban J connectivity index is -0.0000000446. The van der Waals surface area contributed by atoms with Gasteiger partial charge in [-0.1, -0.05) is 0 Å². The Hall–Kier alpha value is -1.31. The van der Waals surface area contributed by atoms with E-state index in [4.69, 9.17) is 40.5 Å². The minimum Gasteiger partial charge on any atom is -0.550 e. The molecular formula is C15H20Fe5NO18+10. The van der Waals surface area contributed by atoms with Crippen LogP contribution in [0.4, 0.5) is 0 Å². The molecule has 223 valence electrons. The molecule has 0 aromatic carbocycles. The van der Waals surface area contributed by atoms with Crippen LogP contribution in [-0.4, -0.2) is 103 Å². The van der Waals surface area contributed by atoms with Crippen LogP contribution in [0.3, 0.4) is 0 Å². The SMILES string of the molecule is CC(O)C(=O)[O-].NCC(=O)[O-].O=C([O-])C(O)C(O)C(=O)[O-].O=C([O-])CC(O)(CC(=O)O)C(=O)O.[Fe+3].[Fe+3].[Fe+3].[Fe+3].[Fe+3]. The van der Waals surface area contributed by atoms with Crippen molar-refractivity contribution in [1.29, 1.82) is 0 Å². The Kier molecular flexibility index (Phi) is 52.0. The average Bonchev–Trinajstić information content (AvgIpc) is 2.66. The van der Waals surface area contributed by atoms with Gasteiger partial charge in [0, 0.05) is 18.9 Å². The molecule has 0 spiro atoms. The molecule has 0 aliphatic carbocycles. The second kappa shape index (κ2) is 32.9. The third-order valence-corrected chi connectivity index (χ3v) is 2.57. The monoisotopic (exact) mass is 782 g/mol. The van der Waals surface area contributed by atoms with E-state index < -0.39 is 78.5 Å². The van der Waals surface area contributed by atoms with Crippen molar-refractivity contribution in [2.45, 2.75) is 43.7 Å². The number of carbonyl (C=O) groups excluding carboxylic acids is 5. The molecule has 4 unspecified atom stereocenters. The van der Waals surface area contributed by atoms with Gasteiger partial charge in [0.05, 0.1) is 36.4 Å². The fourth-order valence-corrected chi connectivity index (χ4v) is 0.960. The minimum atomic E-state index is -2.80. The van der Waals surface area contributed by atoms with Crippen LogP contribution in [-0.2, 0) is 119 Å². The number of hydrogen-bond donors (Lipinski definition) is 7. The number of carbonyl (C=O) groups is 7. The van der Waals surface area contributed by atoms with E-state index in [1.165, 1.54) is 0 Å². The van der Waals surface area contributed by atoms with Crippen LogP contribution in [0.5, 0.6) is 0 Å². The summed E-state index contributed by atoms with van der Waals surface area (Å²) < 4.78 is 0. The van der Waals surface area contributed by atoms with E-state index in [2.05, 4.69) is 5.73 Å². The molecule has 0 heterocycles. The smallest absolute Gasteiger partial charge is 0.550 e. The molecule has 0 aromatic rings. The van der Waals surface area contributed by atoms with E-state index in [0.717, 1.165) is 6.92 Å². The topological polar surface area (TPSA) is 382 Å². The Morgan fingerprint density at radius 1 is 0.667 bits per heavy atom. The fourth-order valence-electron chi connectivity index (χ4n) is 0.960. The van der Waals surface area contributed by atoms with Crippen molar-refractivity contribution in [1.82, 2.24) is 0 Å². The molecule has 8 N–H and O–H groups in total. The number of hydrogen-bond acceptors (Lipinski definition) is 17. The summed E-state index contributed by atoms with van der Waals surface area (Å²) in [7, 11) is 0. The van der Waals surface area contributed by atoms with Crippen molar-refractivity contribution in [3.63, 3.8) is 0 Å². The Labute approximate surface area is 271 Å². The molecule has 39 heavy (non-hydrogen) atoms. The van der Waals surface area contributed by atoms with Gasteiger partial charge >= 0.3 is 97.3 Å². The molecule has 0 saturated carbocycles. The van der Waals surface area contributed by atoms with Gasteiger partial charge in [-0.05, 0) is 6.92 Å². The van der Waals surface area contributed by atoms with E-state index in [9.17, 15) is 49.2 Å². The number of nitrogens with two attached hydrogens (primary N) is 1. The summed E-state index contributed by atoms with van der Waals surface area (Å²) in [6, 6.07) is 0. The van der Waals surface area contributed by atoms with Gasteiger partial charge in [-0.2, -0.15) is 0 Å². The molecule has 5 radical (unpaired) electrons. The molecule has 24 heteroatoms. The summed E-state index contributed by atoms with van der Waals surface area (Å²) in [5.41, 5.74) is 1.71. The summed E-state index contributed by atoms with van der Waals surface area (Å²) >= 11 is 0. The van der Waals surface area contributed by atoms with Crippen LogP contribution >= 0.6 is 0 Å². The zero-order valence-electron chi connectivity index (χ0n) is 18.8. The van der Waals surface area contributed by atoms with Crippen LogP contribution in [0.25, 0.3) is 0 Å². The van der Waals surface area contributed by atoms with Crippen LogP contribution < -0.4 is 31.3 Å². The first kappa shape index (κ1) is 61.6. The van der Waals surface area contributed by atoms with Crippen LogP contribution in [0.2, 0.25) is 0 Å². The zero-order valence-corrected chi connectivity index (χ0v) is 24.3. The van der Waals surface area contributed by atoms with E-state index >= 15 is 0 Å². The summed E-state index contributed by atoms with van der Waals surface area (Å²) in [6.07, 6.45) is -8.66. The largest absolute Gasteiger partial charge is 3.00 e. The van der Waals surface area contributed by atoms with Crippen molar-refractivity contribution >= 4 is 41.8 Å². The quantitative estimate of drug-likeness (QED) is 0.101. The first-order valence-corrected chi connectivity index (χ1v) is 8.10. The third-order valence-electron chi connectivity index (χ3n) is 2.57. The van der Waals surface area contributed by atoms with Crippen molar-refractivity contribution < 1.29 is 175 Å². The molecule has 0 aliphatic rings. The Morgan fingerprint density at radius 3 is 1.03 bits per heavy atom. The average molecular weight is 782 g/mol.